The number of nitrogens with one attached hydrogen (secondary N) is 3. The minimum absolute atomic E-state index is 0.118. The summed E-state index contributed by atoms with van der Waals surface area (Å²) in [4.78, 5) is 19.1. The van der Waals surface area contributed by atoms with Gasteiger partial charge in [-0.3, -0.25) is 4.99 Å². The molecule has 4 aromatic rings. The summed E-state index contributed by atoms with van der Waals surface area (Å²) in [6, 6.07) is 23.7. The quantitative estimate of drug-likeness (QED) is 0.137. The maximum Gasteiger partial charge on any atom is 0.323 e. The Morgan fingerprint density at radius 2 is 1.29 bits per heavy atom. The highest BCUT2D eigenvalue weighted by Gasteiger charge is 2.23. The van der Waals surface area contributed by atoms with Crippen LogP contribution in [0.25, 0.3) is 5.70 Å². The number of phenols is 2. The van der Waals surface area contributed by atoms with Crippen LogP contribution in [0.1, 0.15) is 94.2 Å². The summed E-state index contributed by atoms with van der Waals surface area (Å²) >= 11 is 1.67. The number of hydrogen-bond donors (Lipinski definition) is 5. The van der Waals surface area contributed by atoms with Gasteiger partial charge in [-0.25, -0.2) is 4.79 Å². The molecular formula is C43H52N4O3S. The number of rotatable bonds is 6. The van der Waals surface area contributed by atoms with Crippen LogP contribution in [0.5, 0.6) is 11.5 Å². The zero-order valence-electron chi connectivity index (χ0n) is 31.2. The van der Waals surface area contributed by atoms with E-state index >= 15 is 0 Å². The fourth-order valence-corrected chi connectivity index (χ4v) is 7.31. The number of anilines is 2. The SMILES string of the molecule is Cc1cc(Sc2cc(C)c(O)c(C(C)(C)C)c2)cc(C(C)(C)C)c1O.O=C(Nc1cccc(C2=CCCN2)c1)Nc1cccc(C2=NCCC2)c1. The summed E-state index contributed by atoms with van der Waals surface area (Å²) in [5.74, 6) is 0.767. The number of nitrogens with zero attached hydrogens (tertiary/aromatic N) is 1. The van der Waals surface area contributed by atoms with Crippen LogP contribution < -0.4 is 16.0 Å². The molecule has 0 bridgehead atoms. The predicted octanol–water partition coefficient (Wildman–Crippen LogP) is 10.7. The monoisotopic (exact) mass is 704 g/mol. The van der Waals surface area contributed by atoms with E-state index < -0.39 is 0 Å². The Kier molecular flexibility index (Phi) is 11.6. The van der Waals surface area contributed by atoms with Gasteiger partial charge in [-0.05, 0) is 115 Å². The molecule has 2 amide bonds. The molecule has 2 aliphatic heterocycles. The number of amides is 2. The largest absolute Gasteiger partial charge is 0.507 e. The Balaban J connectivity index is 0.000000198. The molecule has 268 valence electrons. The average molecular weight is 705 g/mol. The van der Waals surface area contributed by atoms with Crippen molar-refractivity contribution >= 4 is 40.6 Å². The Morgan fingerprint density at radius 1 is 0.765 bits per heavy atom. The van der Waals surface area contributed by atoms with E-state index in [1.807, 2.05) is 74.5 Å². The van der Waals surface area contributed by atoms with Gasteiger partial charge in [0.15, 0.2) is 0 Å². The maximum atomic E-state index is 12.4. The lowest BCUT2D eigenvalue weighted by molar-refractivity contribution is 0.262. The Hall–Kier alpha value is -4.69. The number of carbonyl (C=O) groups excluding carboxylic acids is 1. The molecule has 0 saturated heterocycles. The van der Waals surface area contributed by atoms with E-state index in [9.17, 15) is 15.0 Å². The normalized spacial score (nSPS) is 14.2. The third-order valence-corrected chi connectivity index (χ3v) is 9.91. The molecule has 0 fully saturated rings. The molecule has 7 nitrogen and oxygen atoms in total. The second-order valence-electron chi connectivity index (χ2n) is 15.4. The van der Waals surface area contributed by atoms with Crippen molar-refractivity contribution in [3.8, 4) is 11.5 Å². The van der Waals surface area contributed by atoms with Gasteiger partial charge in [0, 0.05) is 56.8 Å². The third kappa shape index (κ3) is 9.76. The van der Waals surface area contributed by atoms with Crippen LogP contribution >= 0.6 is 11.8 Å². The molecule has 5 N–H and O–H groups in total. The van der Waals surface area contributed by atoms with Crippen LogP contribution in [-0.2, 0) is 10.8 Å². The van der Waals surface area contributed by atoms with Gasteiger partial charge in [-0.2, -0.15) is 0 Å². The van der Waals surface area contributed by atoms with Crippen molar-refractivity contribution in [2.75, 3.05) is 23.7 Å². The molecule has 0 unspecified atom stereocenters. The third-order valence-electron chi connectivity index (χ3n) is 8.97. The van der Waals surface area contributed by atoms with Crippen molar-refractivity contribution in [2.24, 2.45) is 4.99 Å². The van der Waals surface area contributed by atoms with Gasteiger partial charge in [-0.1, -0.05) is 83.6 Å². The topological polar surface area (TPSA) is 106 Å². The van der Waals surface area contributed by atoms with E-state index in [-0.39, 0.29) is 16.9 Å². The van der Waals surface area contributed by atoms with Crippen molar-refractivity contribution in [1.82, 2.24) is 5.32 Å². The van der Waals surface area contributed by atoms with E-state index in [0.717, 1.165) is 98.3 Å². The fraction of sp³-hybridized carbons (Fsp3) is 0.349. The number of aliphatic imine (C=N–C) groups is 1. The van der Waals surface area contributed by atoms with Crippen LogP contribution in [0.2, 0.25) is 0 Å². The van der Waals surface area contributed by atoms with Crippen LogP contribution in [-0.4, -0.2) is 35.0 Å². The van der Waals surface area contributed by atoms with Crippen LogP contribution in [0.15, 0.2) is 93.7 Å². The first-order valence-corrected chi connectivity index (χ1v) is 18.5. The molecule has 2 aliphatic rings. The lowest BCUT2D eigenvalue weighted by atomic mass is 9.85. The van der Waals surface area contributed by atoms with E-state index in [0.29, 0.717) is 11.5 Å². The lowest BCUT2D eigenvalue weighted by Gasteiger charge is -2.24. The van der Waals surface area contributed by atoms with Crippen molar-refractivity contribution in [3.63, 3.8) is 0 Å². The van der Waals surface area contributed by atoms with Gasteiger partial charge >= 0.3 is 6.03 Å². The van der Waals surface area contributed by atoms with E-state index in [1.165, 1.54) is 0 Å². The van der Waals surface area contributed by atoms with Gasteiger partial charge in [0.25, 0.3) is 0 Å². The highest BCUT2D eigenvalue weighted by Crippen LogP contribution is 2.42. The smallest absolute Gasteiger partial charge is 0.323 e. The van der Waals surface area contributed by atoms with Gasteiger partial charge in [0.05, 0.1) is 0 Å². The van der Waals surface area contributed by atoms with Crippen LogP contribution in [0.4, 0.5) is 16.2 Å². The predicted molar refractivity (Wildman–Crippen MR) is 214 cm³/mol. The molecule has 0 radical (unpaired) electrons. The lowest BCUT2D eigenvalue weighted by Crippen LogP contribution is -2.19. The number of carbonyl (C=O) groups is 1. The summed E-state index contributed by atoms with van der Waals surface area (Å²) in [5, 5.41) is 30.0. The fourth-order valence-electron chi connectivity index (χ4n) is 6.22. The van der Waals surface area contributed by atoms with Gasteiger partial charge in [0.2, 0.25) is 0 Å². The molecule has 0 aliphatic carbocycles. The molecule has 6 rings (SSSR count). The summed E-state index contributed by atoms with van der Waals surface area (Å²) in [6.45, 7) is 18.4. The molecule has 0 atom stereocenters. The number of benzene rings is 4. The van der Waals surface area contributed by atoms with Gasteiger partial charge in [-0.15, -0.1) is 0 Å². The number of aryl methyl sites for hydroxylation is 2. The Labute approximate surface area is 307 Å². The second kappa shape index (κ2) is 15.7. The zero-order chi connectivity index (χ0) is 36.9. The standard InChI is InChI=1S/C22H30O2S.C21H22N4O/c1-13-9-15(11-17(19(13)23)21(3,4)5)25-16-10-14(2)20(24)18(12-16)22(6,7)8;26-21(24-17-7-1-5-15(13-17)19-9-3-11-22-19)25-18-8-2-6-16(14-18)20-10-4-12-23-20/h9-12,23-24H,1-8H3;1-2,5-9,13-14,22H,3-4,10-12H2,(H2,24,25,26). The maximum absolute atomic E-state index is 12.4. The van der Waals surface area contributed by atoms with Gasteiger partial charge in [0.1, 0.15) is 11.5 Å². The summed E-state index contributed by atoms with van der Waals surface area (Å²) in [7, 11) is 0. The van der Waals surface area contributed by atoms with Crippen molar-refractivity contribution in [2.45, 2.75) is 95.3 Å². The minimum Gasteiger partial charge on any atom is -0.507 e. The van der Waals surface area contributed by atoms with Crippen LogP contribution in [0.3, 0.4) is 0 Å². The molecular weight excluding hydrogens is 653 g/mol. The number of hydrogen-bond acceptors (Lipinski definition) is 6. The van der Waals surface area contributed by atoms with Gasteiger partial charge < -0.3 is 26.2 Å². The summed E-state index contributed by atoms with van der Waals surface area (Å²) < 4.78 is 0. The molecule has 51 heavy (non-hydrogen) atoms. The van der Waals surface area contributed by atoms with E-state index in [1.54, 1.807) is 11.8 Å². The number of urea groups is 1. The molecule has 0 aromatic heterocycles. The average Bonchev–Trinajstić information content (AvgIpc) is 3.80. The van der Waals surface area contributed by atoms with E-state index in [2.05, 4.69) is 80.7 Å². The first kappa shape index (κ1) is 37.6. The molecule has 2 heterocycles. The van der Waals surface area contributed by atoms with Crippen molar-refractivity contribution in [3.05, 3.63) is 112 Å². The van der Waals surface area contributed by atoms with E-state index in [4.69, 9.17) is 0 Å². The van der Waals surface area contributed by atoms with Crippen molar-refractivity contribution < 1.29 is 15.0 Å². The second-order valence-corrected chi connectivity index (χ2v) is 16.5. The molecule has 8 heteroatoms. The molecule has 4 aromatic carbocycles. The highest BCUT2D eigenvalue weighted by atomic mass is 32.2. The first-order chi connectivity index (χ1) is 24.1. The number of aromatic hydroxyl groups is 2. The highest BCUT2D eigenvalue weighted by molar-refractivity contribution is 7.99. The molecule has 0 spiro atoms. The Bertz CT molecular complexity index is 1830. The minimum atomic E-state index is -0.249. The summed E-state index contributed by atoms with van der Waals surface area (Å²) in [5.41, 5.74) is 9.42. The summed E-state index contributed by atoms with van der Waals surface area (Å²) in [6.07, 6.45) is 5.33. The Morgan fingerprint density at radius 3 is 1.76 bits per heavy atom. The molecule has 0 saturated carbocycles. The zero-order valence-corrected chi connectivity index (χ0v) is 32.0. The number of phenolic OH excluding ortho intramolecular Hbond substituents is 2. The first-order valence-electron chi connectivity index (χ1n) is 17.7. The van der Waals surface area contributed by atoms with Crippen molar-refractivity contribution in [1.29, 1.82) is 0 Å². The van der Waals surface area contributed by atoms with Crippen LogP contribution in [0, 0.1) is 13.8 Å².